The van der Waals surface area contributed by atoms with E-state index in [9.17, 15) is 18.0 Å². The van der Waals surface area contributed by atoms with Gasteiger partial charge in [-0.15, -0.1) is 0 Å². The molecule has 0 radical (unpaired) electrons. The molecule has 0 aliphatic carbocycles. The van der Waals surface area contributed by atoms with Gasteiger partial charge in [-0.1, -0.05) is 0 Å². The maximum atomic E-state index is 12.4. The number of imidazole rings is 1. The SMILES string of the molecule is CN(C)C1CCN(C(=O)CCc2nccn2CC(F)(F)F)C1. The number of rotatable bonds is 5. The molecule has 2 heterocycles. The highest BCUT2D eigenvalue weighted by Crippen LogP contribution is 2.19. The zero-order valence-electron chi connectivity index (χ0n) is 12.8. The van der Waals surface area contributed by atoms with Crippen molar-refractivity contribution in [2.75, 3.05) is 27.2 Å². The van der Waals surface area contributed by atoms with Gasteiger partial charge in [0.1, 0.15) is 12.4 Å². The summed E-state index contributed by atoms with van der Waals surface area (Å²) in [7, 11) is 3.96. The Labute approximate surface area is 127 Å². The molecule has 8 heteroatoms. The van der Waals surface area contributed by atoms with Crippen LogP contribution in [0.2, 0.25) is 0 Å². The van der Waals surface area contributed by atoms with Crippen LogP contribution in [0.15, 0.2) is 12.4 Å². The summed E-state index contributed by atoms with van der Waals surface area (Å²) in [5.74, 6) is 0.278. The van der Waals surface area contributed by atoms with Crippen LogP contribution in [0.3, 0.4) is 0 Å². The molecule has 1 aliphatic heterocycles. The number of likely N-dealkylation sites (N-methyl/N-ethyl adjacent to an activating group) is 1. The molecule has 1 aromatic heterocycles. The van der Waals surface area contributed by atoms with Gasteiger partial charge in [0.25, 0.3) is 0 Å². The van der Waals surface area contributed by atoms with E-state index >= 15 is 0 Å². The quantitative estimate of drug-likeness (QED) is 0.827. The first-order chi connectivity index (χ1) is 10.3. The Morgan fingerprint density at radius 3 is 2.77 bits per heavy atom. The Bertz CT molecular complexity index is 512. The maximum Gasteiger partial charge on any atom is 0.406 e. The molecule has 0 spiro atoms. The fourth-order valence-electron chi connectivity index (χ4n) is 2.67. The molecule has 1 aliphatic rings. The van der Waals surface area contributed by atoms with E-state index in [4.69, 9.17) is 0 Å². The lowest BCUT2D eigenvalue weighted by Crippen LogP contribution is -2.34. The first-order valence-electron chi connectivity index (χ1n) is 7.27. The Morgan fingerprint density at radius 2 is 2.18 bits per heavy atom. The monoisotopic (exact) mass is 318 g/mol. The fraction of sp³-hybridized carbons (Fsp3) is 0.714. The number of likely N-dealkylation sites (tertiary alicyclic amines) is 1. The molecule has 2 rings (SSSR count). The Hall–Kier alpha value is -1.57. The fourth-order valence-corrected chi connectivity index (χ4v) is 2.67. The van der Waals surface area contributed by atoms with Crippen LogP contribution in [0.5, 0.6) is 0 Å². The van der Waals surface area contributed by atoms with Gasteiger partial charge >= 0.3 is 6.18 Å². The molecular formula is C14H21F3N4O. The molecule has 1 atom stereocenters. The van der Waals surface area contributed by atoms with Crippen LogP contribution in [-0.4, -0.2) is 64.7 Å². The van der Waals surface area contributed by atoms with Crippen LogP contribution < -0.4 is 0 Å². The Balaban J connectivity index is 1.86. The maximum absolute atomic E-state index is 12.4. The minimum Gasteiger partial charge on any atom is -0.341 e. The average molecular weight is 318 g/mol. The van der Waals surface area contributed by atoms with Crippen molar-refractivity contribution in [2.45, 2.75) is 38.0 Å². The molecule has 5 nitrogen and oxygen atoms in total. The van der Waals surface area contributed by atoms with Gasteiger partial charge in [0.05, 0.1) is 0 Å². The number of nitrogens with zero attached hydrogens (tertiary/aromatic N) is 4. The number of carbonyl (C=O) groups is 1. The van der Waals surface area contributed by atoms with Gasteiger partial charge < -0.3 is 14.4 Å². The van der Waals surface area contributed by atoms with Gasteiger partial charge in [0.15, 0.2) is 0 Å². The van der Waals surface area contributed by atoms with Crippen LogP contribution >= 0.6 is 0 Å². The van der Waals surface area contributed by atoms with Crippen LogP contribution in [-0.2, 0) is 17.8 Å². The molecule has 1 saturated heterocycles. The first kappa shape index (κ1) is 16.8. The van der Waals surface area contributed by atoms with E-state index in [1.54, 1.807) is 4.90 Å². The van der Waals surface area contributed by atoms with Crippen LogP contribution in [0.25, 0.3) is 0 Å². The second kappa shape index (κ2) is 6.68. The van der Waals surface area contributed by atoms with Gasteiger partial charge in [-0.05, 0) is 20.5 Å². The normalized spacial score (nSPS) is 19.2. The summed E-state index contributed by atoms with van der Waals surface area (Å²) in [6.07, 6.45) is -0.302. The van der Waals surface area contributed by atoms with Gasteiger partial charge in [0.2, 0.25) is 5.91 Å². The van der Waals surface area contributed by atoms with E-state index in [0.29, 0.717) is 25.0 Å². The average Bonchev–Trinajstić information content (AvgIpc) is 3.03. The molecule has 1 unspecified atom stereocenters. The molecule has 124 valence electrons. The van der Waals surface area contributed by atoms with Crippen LogP contribution in [0.1, 0.15) is 18.7 Å². The second-order valence-electron chi connectivity index (χ2n) is 5.83. The van der Waals surface area contributed by atoms with E-state index < -0.39 is 12.7 Å². The molecule has 1 aromatic rings. The third kappa shape index (κ3) is 4.46. The summed E-state index contributed by atoms with van der Waals surface area (Å²) in [5.41, 5.74) is 0. The molecule has 0 aromatic carbocycles. The molecule has 0 bridgehead atoms. The van der Waals surface area contributed by atoms with Crippen molar-refractivity contribution >= 4 is 5.91 Å². The molecule has 1 fully saturated rings. The molecule has 1 amide bonds. The van der Waals surface area contributed by atoms with Crippen molar-refractivity contribution in [1.29, 1.82) is 0 Å². The number of carbonyl (C=O) groups excluding carboxylic acids is 1. The Morgan fingerprint density at radius 1 is 1.45 bits per heavy atom. The van der Waals surface area contributed by atoms with Gasteiger partial charge in [-0.2, -0.15) is 13.2 Å². The second-order valence-corrected chi connectivity index (χ2v) is 5.83. The molecule has 22 heavy (non-hydrogen) atoms. The van der Waals surface area contributed by atoms with E-state index in [1.165, 1.54) is 12.4 Å². The van der Waals surface area contributed by atoms with Crippen molar-refractivity contribution in [3.8, 4) is 0 Å². The molecule has 0 saturated carbocycles. The number of hydrogen-bond donors (Lipinski definition) is 0. The summed E-state index contributed by atoms with van der Waals surface area (Å²) < 4.78 is 38.4. The van der Waals surface area contributed by atoms with Crippen LogP contribution in [0.4, 0.5) is 13.2 Å². The Kier molecular flexibility index (Phi) is 5.10. The first-order valence-corrected chi connectivity index (χ1v) is 7.27. The zero-order chi connectivity index (χ0) is 16.3. The minimum atomic E-state index is -4.28. The highest BCUT2D eigenvalue weighted by atomic mass is 19.4. The van der Waals surface area contributed by atoms with Crippen molar-refractivity contribution < 1.29 is 18.0 Å². The van der Waals surface area contributed by atoms with Crippen LogP contribution in [0, 0.1) is 0 Å². The lowest BCUT2D eigenvalue weighted by molar-refractivity contribution is -0.141. The van der Waals surface area contributed by atoms with Crippen molar-refractivity contribution in [2.24, 2.45) is 0 Å². The summed E-state index contributed by atoms with van der Waals surface area (Å²) >= 11 is 0. The molecule has 0 N–H and O–H groups in total. The van der Waals surface area contributed by atoms with Crippen molar-refractivity contribution in [3.05, 3.63) is 18.2 Å². The third-order valence-corrected chi connectivity index (χ3v) is 3.96. The minimum absolute atomic E-state index is 0.0223. The summed E-state index contributed by atoms with van der Waals surface area (Å²) in [5, 5.41) is 0. The smallest absolute Gasteiger partial charge is 0.341 e. The number of aryl methyl sites for hydroxylation is 1. The largest absolute Gasteiger partial charge is 0.406 e. The molecular weight excluding hydrogens is 297 g/mol. The van der Waals surface area contributed by atoms with E-state index in [1.807, 2.05) is 14.1 Å². The highest BCUT2D eigenvalue weighted by Gasteiger charge is 2.30. The summed E-state index contributed by atoms with van der Waals surface area (Å²) in [6.45, 7) is 0.324. The van der Waals surface area contributed by atoms with Crippen molar-refractivity contribution in [3.63, 3.8) is 0 Å². The third-order valence-electron chi connectivity index (χ3n) is 3.96. The van der Waals surface area contributed by atoms with E-state index in [2.05, 4.69) is 9.88 Å². The van der Waals surface area contributed by atoms with Gasteiger partial charge in [-0.3, -0.25) is 4.79 Å². The number of amides is 1. The predicted octanol–water partition coefficient (Wildman–Crippen LogP) is 1.54. The topological polar surface area (TPSA) is 41.4 Å². The van der Waals surface area contributed by atoms with Crippen molar-refractivity contribution in [1.82, 2.24) is 19.4 Å². The number of halogens is 3. The number of aromatic nitrogens is 2. The predicted molar refractivity (Wildman–Crippen MR) is 75.3 cm³/mol. The summed E-state index contributed by atoms with van der Waals surface area (Å²) in [6, 6.07) is 0.358. The number of hydrogen-bond acceptors (Lipinski definition) is 3. The van der Waals surface area contributed by atoms with Gasteiger partial charge in [0, 0.05) is 44.4 Å². The van der Waals surface area contributed by atoms with E-state index in [0.717, 1.165) is 11.0 Å². The highest BCUT2D eigenvalue weighted by molar-refractivity contribution is 5.76. The zero-order valence-corrected chi connectivity index (χ0v) is 12.8. The van der Waals surface area contributed by atoms with Gasteiger partial charge in [-0.25, -0.2) is 4.98 Å². The number of alkyl halides is 3. The lowest BCUT2D eigenvalue weighted by atomic mass is 10.2. The lowest BCUT2D eigenvalue weighted by Gasteiger charge is -2.20. The van der Waals surface area contributed by atoms with E-state index in [-0.39, 0.29) is 18.7 Å². The standard InChI is InChI=1S/C14H21F3N4O/c1-19(2)11-5-7-20(9-11)13(22)4-3-12-18-6-8-21(12)10-14(15,16)17/h6,8,11H,3-5,7,9-10H2,1-2H3. The summed E-state index contributed by atoms with van der Waals surface area (Å²) in [4.78, 5) is 19.9.